The second kappa shape index (κ2) is 6.75. The lowest BCUT2D eigenvalue weighted by atomic mass is 10.1. The molecule has 3 heterocycles. The van der Waals surface area contributed by atoms with Crippen molar-refractivity contribution in [2.75, 3.05) is 12.4 Å². The van der Waals surface area contributed by atoms with Crippen molar-refractivity contribution < 1.29 is 9.53 Å². The molecule has 8 nitrogen and oxygen atoms in total. The summed E-state index contributed by atoms with van der Waals surface area (Å²) in [7, 11) is 1.64. The van der Waals surface area contributed by atoms with Gasteiger partial charge in [-0.05, 0) is 42.0 Å². The van der Waals surface area contributed by atoms with Gasteiger partial charge in [0.25, 0.3) is 5.91 Å². The number of primary amides is 1. The van der Waals surface area contributed by atoms with E-state index < -0.39 is 5.91 Å². The number of nitrogens with two attached hydrogens (primary N) is 1. The van der Waals surface area contributed by atoms with Crippen LogP contribution >= 0.6 is 0 Å². The number of hydrogen-bond acceptors (Lipinski definition) is 6. The van der Waals surface area contributed by atoms with Crippen LogP contribution in [-0.4, -0.2) is 32.6 Å². The maximum absolute atomic E-state index is 11.1. The number of aromatic nitrogens is 4. The molecule has 0 spiro atoms. The van der Waals surface area contributed by atoms with E-state index in [0.717, 1.165) is 16.9 Å². The molecule has 0 unspecified atom stereocenters. The topological polar surface area (TPSA) is 107 Å². The third-order valence-electron chi connectivity index (χ3n) is 4.04. The summed E-state index contributed by atoms with van der Waals surface area (Å²) in [6.45, 7) is 0. The van der Waals surface area contributed by atoms with Crippen LogP contribution in [0.3, 0.4) is 0 Å². The van der Waals surface area contributed by atoms with E-state index in [1.165, 1.54) is 6.20 Å². The lowest BCUT2D eigenvalue weighted by Crippen LogP contribution is -2.12. The van der Waals surface area contributed by atoms with E-state index in [-0.39, 0.29) is 5.69 Å². The number of methoxy groups -OCH3 is 1. The van der Waals surface area contributed by atoms with Crippen LogP contribution in [0.1, 0.15) is 10.5 Å². The van der Waals surface area contributed by atoms with E-state index in [2.05, 4.69) is 20.4 Å². The van der Waals surface area contributed by atoms with Gasteiger partial charge >= 0.3 is 0 Å². The molecule has 0 atom stereocenters. The van der Waals surface area contributed by atoms with Crippen molar-refractivity contribution in [2.45, 2.75) is 0 Å². The largest absolute Gasteiger partial charge is 0.497 e. The smallest absolute Gasteiger partial charge is 0.267 e. The molecule has 27 heavy (non-hydrogen) atoms. The number of anilines is 2. The fourth-order valence-corrected chi connectivity index (χ4v) is 2.70. The molecule has 1 amide bonds. The van der Waals surface area contributed by atoms with Gasteiger partial charge in [0.2, 0.25) is 5.95 Å². The predicted molar refractivity (Wildman–Crippen MR) is 101 cm³/mol. The number of rotatable bonds is 5. The highest BCUT2D eigenvalue weighted by molar-refractivity contribution is 5.91. The highest BCUT2D eigenvalue weighted by Crippen LogP contribution is 2.26. The monoisotopic (exact) mass is 360 g/mol. The maximum atomic E-state index is 11.1. The molecule has 0 bridgehead atoms. The number of nitrogens with one attached hydrogen (secondary N) is 1. The third-order valence-corrected chi connectivity index (χ3v) is 4.04. The molecule has 0 saturated carbocycles. The Morgan fingerprint density at radius 1 is 1.15 bits per heavy atom. The fourth-order valence-electron chi connectivity index (χ4n) is 2.70. The molecule has 0 saturated heterocycles. The molecule has 3 aromatic heterocycles. The predicted octanol–water partition coefficient (Wildman–Crippen LogP) is 2.64. The molecule has 0 fully saturated rings. The van der Waals surface area contributed by atoms with Gasteiger partial charge in [0.05, 0.1) is 19.0 Å². The van der Waals surface area contributed by atoms with E-state index in [0.29, 0.717) is 17.3 Å². The van der Waals surface area contributed by atoms with Crippen molar-refractivity contribution in [3.8, 4) is 16.9 Å². The molecule has 8 heteroatoms. The Kier molecular flexibility index (Phi) is 4.13. The van der Waals surface area contributed by atoms with Crippen molar-refractivity contribution in [3.05, 3.63) is 66.6 Å². The van der Waals surface area contributed by atoms with Crippen LogP contribution < -0.4 is 15.8 Å². The Hall–Kier alpha value is -3.94. The molecule has 0 radical (unpaired) electrons. The zero-order valence-corrected chi connectivity index (χ0v) is 14.5. The average Bonchev–Trinajstić information content (AvgIpc) is 3.11. The van der Waals surface area contributed by atoms with Gasteiger partial charge in [-0.1, -0.05) is 12.1 Å². The van der Waals surface area contributed by atoms with Crippen molar-refractivity contribution in [3.63, 3.8) is 0 Å². The van der Waals surface area contributed by atoms with E-state index in [9.17, 15) is 4.79 Å². The first-order valence-electron chi connectivity index (χ1n) is 8.17. The molecule has 0 aliphatic carbocycles. The first kappa shape index (κ1) is 16.5. The van der Waals surface area contributed by atoms with Crippen molar-refractivity contribution in [2.24, 2.45) is 5.73 Å². The van der Waals surface area contributed by atoms with Crippen LogP contribution in [0, 0.1) is 0 Å². The second-order valence-corrected chi connectivity index (χ2v) is 5.78. The summed E-state index contributed by atoms with van der Waals surface area (Å²) < 4.78 is 6.91. The summed E-state index contributed by atoms with van der Waals surface area (Å²) in [4.78, 5) is 19.7. The summed E-state index contributed by atoms with van der Waals surface area (Å²) in [6.07, 6.45) is 3.34. The van der Waals surface area contributed by atoms with E-state index >= 15 is 0 Å². The number of pyridine rings is 2. The van der Waals surface area contributed by atoms with Crippen LogP contribution in [0.4, 0.5) is 11.6 Å². The van der Waals surface area contributed by atoms with Gasteiger partial charge in [-0.15, -0.1) is 5.10 Å². The SMILES string of the molecule is COc1ccc(-c2cccn3nc(Nc4ccc(C(N)=O)nc4)nc23)cc1. The highest BCUT2D eigenvalue weighted by Gasteiger charge is 2.10. The minimum atomic E-state index is -0.573. The first-order chi connectivity index (χ1) is 13.1. The Morgan fingerprint density at radius 2 is 1.96 bits per heavy atom. The van der Waals surface area contributed by atoms with Gasteiger partial charge in [-0.25, -0.2) is 9.50 Å². The summed E-state index contributed by atoms with van der Waals surface area (Å²) in [6, 6.07) is 14.9. The van der Waals surface area contributed by atoms with Gasteiger partial charge in [0.1, 0.15) is 11.4 Å². The van der Waals surface area contributed by atoms with E-state index in [1.54, 1.807) is 23.8 Å². The first-order valence-corrected chi connectivity index (χ1v) is 8.17. The number of nitrogens with zero attached hydrogens (tertiary/aromatic N) is 4. The fraction of sp³-hybridized carbons (Fsp3) is 0.0526. The van der Waals surface area contributed by atoms with Gasteiger partial charge in [0, 0.05) is 11.8 Å². The summed E-state index contributed by atoms with van der Waals surface area (Å²) in [5.41, 5.74) is 8.72. The minimum absolute atomic E-state index is 0.199. The standard InChI is InChI=1S/C19H16N6O2/c1-27-14-7-4-12(5-8-14)15-3-2-10-25-18(15)23-19(24-25)22-13-6-9-16(17(20)26)21-11-13/h2-11H,1H3,(H2,20,26)(H,22,24). The minimum Gasteiger partial charge on any atom is -0.497 e. The number of hydrogen-bond donors (Lipinski definition) is 2. The van der Waals surface area contributed by atoms with Gasteiger partial charge in [-0.3, -0.25) is 4.79 Å². The third kappa shape index (κ3) is 3.28. The molecular weight excluding hydrogens is 344 g/mol. The molecule has 4 rings (SSSR count). The van der Waals surface area contributed by atoms with Crippen LogP contribution in [0.25, 0.3) is 16.8 Å². The Labute approximate surface area is 154 Å². The van der Waals surface area contributed by atoms with Crippen molar-refractivity contribution >= 4 is 23.2 Å². The zero-order valence-electron chi connectivity index (χ0n) is 14.5. The van der Waals surface area contributed by atoms with Gasteiger partial charge in [-0.2, -0.15) is 4.98 Å². The Balaban J connectivity index is 1.66. The molecule has 0 aliphatic heterocycles. The Bertz CT molecular complexity index is 1100. The quantitative estimate of drug-likeness (QED) is 0.566. The molecular formula is C19H16N6O2. The zero-order chi connectivity index (χ0) is 18.8. The number of carbonyl (C=O) groups excluding carboxylic acids is 1. The lowest BCUT2D eigenvalue weighted by molar-refractivity contribution is 0.0995. The number of fused-ring (bicyclic) bond motifs is 1. The van der Waals surface area contributed by atoms with Crippen LogP contribution in [0.5, 0.6) is 5.75 Å². The molecule has 134 valence electrons. The van der Waals surface area contributed by atoms with Crippen LogP contribution in [0.2, 0.25) is 0 Å². The van der Waals surface area contributed by atoms with E-state index in [1.807, 2.05) is 42.6 Å². The average molecular weight is 360 g/mol. The number of benzene rings is 1. The summed E-state index contributed by atoms with van der Waals surface area (Å²) >= 11 is 0. The number of ether oxygens (including phenoxy) is 1. The molecule has 4 aromatic rings. The van der Waals surface area contributed by atoms with Crippen molar-refractivity contribution in [1.82, 2.24) is 19.6 Å². The maximum Gasteiger partial charge on any atom is 0.267 e. The summed E-state index contributed by atoms with van der Waals surface area (Å²) in [5.74, 6) is 0.641. The molecule has 1 aromatic carbocycles. The number of carbonyl (C=O) groups is 1. The molecule has 3 N–H and O–H groups in total. The normalized spacial score (nSPS) is 10.7. The van der Waals surface area contributed by atoms with Crippen LogP contribution in [-0.2, 0) is 0 Å². The van der Waals surface area contributed by atoms with E-state index in [4.69, 9.17) is 10.5 Å². The molecule has 0 aliphatic rings. The van der Waals surface area contributed by atoms with Crippen molar-refractivity contribution in [1.29, 1.82) is 0 Å². The lowest BCUT2D eigenvalue weighted by Gasteiger charge is -2.04. The second-order valence-electron chi connectivity index (χ2n) is 5.78. The Morgan fingerprint density at radius 3 is 2.63 bits per heavy atom. The van der Waals surface area contributed by atoms with Crippen LogP contribution in [0.15, 0.2) is 60.9 Å². The van der Waals surface area contributed by atoms with Gasteiger partial charge in [0.15, 0.2) is 5.65 Å². The summed E-state index contributed by atoms with van der Waals surface area (Å²) in [5, 5.41) is 7.51. The van der Waals surface area contributed by atoms with Gasteiger partial charge < -0.3 is 15.8 Å². The highest BCUT2D eigenvalue weighted by atomic mass is 16.5. The number of amides is 1.